The van der Waals surface area contributed by atoms with Gasteiger partial charge in [-0.05, 0) is 56.0 Å². The number of halogens is 1. The lowest BCUT2D eigenvalue weighted by atomic mass is 10.1. The number of hydrogen-bond donors (Lipinski definition) is 1. The lowest BCUT2D eigenvalue weighted by Crippen LogP contribution is -2.16. The Morgan fingerprint density at radius 2 is 1.73 bits per heavy atom. The molecule has 1 aliphatic carbocycles. The molecule has 26 heavy (non-hydrogen) atoms. The highest BCUT2D eigenvalue weighted by Gasteiger charge is 2.22. The fourth-order valence-electron chi connectivity index (χ4n) is 3.02. The molecule has 2 aromatic rings. The maximum absolute atomic E-state index is 14.4. The molecule has 1 saturated carbocycles. The summed E-state index contributed by atoms with van der Waals surface area (Å²) >= 11 is 0. The lowest BCUT2D eigenvalue weighted by molar-refractivity contribution is 0.102. The Labute approximate surface area is 152 Å². The Balaban J connectivity index is 1.81. The van der Waals surface area contributed by atoms with E-state index in [-0.39, 0.29) is 17.4 Å². The molecule has 1 N–H and O–H groups in total. The van der Waals surface area contributed by atoms with E-state index in [4.69, 9.17) is 14.2 Å². The molecule has 3 rings (SSSR count). The summed E-state index contributed by atoms with van der Waals surface area (Å²) in [4.78, 5) is 12.5. The summed E-state index contributed by atoms with van der Waals surface area (Å²) in [6, 6.07) is 9.41. The van der Waals surface area contributed by atoms with Gasteiger partial charge >= 0.3 is 0 Å². The van der Waals surface area contributed by atoms with Crippen molar-refractivity contribution in [3.63, 3.8) is 0 Å². The largest absolute Gasteiger partial charge is 0.497 e. The molecule has 0 atom stereocenters. The van der Waals surface area contributed by atoms with Crippen molar-refractivity contribution in [1.29, 1.82) is 0 Å². The minimum Gasteiger partial charge on any atom is -0.497 e. The first kappa shape index (κ1) is 18.0. The highest BCUT2D eigenvalue weighted by molar-refractivity contribution is 6.04. The topological polar surface area (TPSA) is 56.8 Å². The number of rotatable bonds is 6. The molecular formula is C20H22FNO4. The zero-order valence-electron chi connectivity index (χ0n) is 14.9. The number of amides is 1. The number of methoxy groups -OCH3 is 2. The van der Waals surface area contributed by atoms with Crippen LogP contribution >= 0.6 is 0 Å². The summed E-state index contributed by atoms with van der Waals surface area (Å²) < 4.78 is 30.6. The third-order valence-electron chi connectivity index (χ3n) is 4.44. The highest BCUT2D eigenvalue weighted by atomic mass is 19.1. The third-order valence-corrected chi connectivity index (χ3v) is 4.44. The molecule has 0 spiro atoms. The standard InChI is InChI=1S/C20H22FNO4/c1-24-14-9-7-13(8-10-14)22-20(23)16-11-19(18(25-2)12-17(16)21)26-15-5-3-4-6-15/h7-12,15H,3-6H2,1-2H3,(H,22,23). The van der Waals surface area contributed by atoms with E-state index in [1.54, 1.807) is 31.4 Å². The van der Waals surface area contributed by atoms with Crippen LogP contribution in [0.5, 0.6) is 17.2 Å². The van der Waals surface area contributed by atoms with E-state index < -0.39 is 11.7 Å². The monoisotopic (exact) mass is 359 g/mol. The number of ether oxygens (including phenoxy) is 3. The minimum absolute atomic E-state index is 0.0758. The van der Waals surface area contributed by atoms with Gasteiger partial charge in [0.15, 0.2) is 11.5 Å². The number of anilines is 1. The summed E-state index contributed by atoms with van der Waals surface area (Å²) in [7, 11) is 3.01. The maximum Gasteiger partial charge on any atom is 0.258 e. The Hall–Kier alpha value is -2.76. The van der Waals surface area contributed by atoms with Crippen molar-refractivity contribution in [2.24, 2.45) is 0 Å². The van der Waals surface area contributed by atoms with Crippen LogP contribution in [0.25, 0.3) is 0 Å². The first-order valence-corrected chi connectivity index (χ1v) is 8.60. The normalized spacial score (nSPS) is 14.1. The molecule has 2 aromatic carbocycles. The SMILES string of the molecule is COc1ccc(NC(=O)c2cc(OC3CCCC3)c(OC)cc2F)cc1. The van der Waals surface area contributed by atoms with Gasteiger partial charge in [0.1, 0.15) is 11.6 Å². The van der Waals surface area contributed by atoms with Crippen molar-refractivity contribution in [1.82, 2.24) is 0 Å². The van der Waals surface area contributed by atoms with Gasteiger partial charge in [-0.15, -0.1) is 0 Å². The van der Waals surface area contributed by atoms with Crippen molar-refractivity contribution in [3.8, 4) is 17.2 Å². The molecular weight excluding hydrogens is 337 g/mol. The molecule has 6 heteroatoms. The molecule has 0 heterocycles. The summed E-state index contributed by atoms with van der Waals surface area (Å²) in [6.45, 7) is 0. The van der Waals surface area contributed by atoms with Crippen LogP contribution in [0.3, 0.4) is 0 Å². The lowest BCUT2D eigenvalue weighted by Gasteiger charge is -2.17. The average Bonchev–Trinajstić information content (AvgIpc) is 3.16. The van der Waals surface area contributed by atoms with Gasteiger partial charge in [-0.3, -0.25) is 4.79 Å². The van der Waals surface area contributed by atoms with Crippen molar-refractivity contribution < 1.29 is 23.4 Å². The summed E-state index contributed by atoms with van der Waals surface area (Å²) in [5.74, 6) is 0.139. The molecule has 0 saturated heterocycles. The number of hydrogen-bond acceptors (Lipinski definition) is 4. The fraction of sp³-hybridized carbons (Fsp3) is 0.350. The second-order valence-corrected chi connectivity index (χ2v) is 6.19. The number of carbonyl (C=O) groups excluding carboxylic acids is 1. The molecule has 0 aliphatic heterocycles. The molecule has 0 radical (unpaired) electrons. The second-order valence-electron chi connectivity index (χ2n) is 6.19. The van der Waals surface area contributed by atoms with Crippen LogP contribution in [0, 0.1) is 5.82 Å². The smallest absolute Gasteiger partial charge is 0.258 e. The van der Waals surface area contributed by atoms with Gasteiger partial charge in [0.25, 0.3) is 5.91 Å². The van der Waals surface area contributed by atoms with Crippen LogP contribution in [-0.4, -0.2) is 26.2 Å². The third kappa shape index (κ3) is 4.07. The Morgan fingerprint density at radius 3 is 2.35 bits per heavy atom. The van der Waals surface area contributed by atoms with Crippen LogP contribution < -0.4 is 19.5 Å². The van der Waals surface area contributed by atoms with E-state index >= 15 is 0 Å². The summed E-state index contributed by atoms with van der Waals surface area (Å²) in [5.41, 5.74) is 0.457. The Morgan fingerprint density at radius 1 is 1.04 bits per heavy atom. The molecule has 1 fully saturated rings. The number of benzene rings is 2. The fourth-order valence-corrected chi connectivity index (χ4v) is 3.02. The second kappa shape index (κ2) is 8.08. The Kier molecular flexibility index (Phi) is 5.61. The zero-order chi connectivity index (χ0) is 18.5. The average molecular weight is 359 g/mol. The zero-order valence-corrected chi connectivity index (χ0v) is 14.9. The van der Waals surface area contributed by atoms with E-state index in [0.717, 1.165) is 25.7 Å². The van der Waals surface area contributed by atoms with Crippen molar-refractivity contribution in [2.45, 2.75) is 31.8 Å². The highest BCUT2D eigenvalue weighted by Crippen LogP contribution is 2.34. The maximum atomic E-state index is 14.4. The van der Waals surface area contributed by atoms with Crippen LogP contribution in [0.2, 0.25) is 0 Å². The van der Waals surface area contributed by atoms with Gasteiger partial charge in [0.2, 0.25) is 0 Å². The predicted molar refractivity (Wildman–Crippen MR) is 96.8 cm³/mol. The molecule has 5 nitrogen and oxygen atoms in total. The van der Waals surface area contributed by atoms with Crippen LogP contribution in [0.4, 0.5) is 10.1 Å². The van der Waals surface area contributed by atoms with Gasteiger partial charge in [0.05, 0.1) is 25.9 Å². The van der Waals surface area contributed by atoms with Gasteiger partial charge in [-0.25, -0.2) is 4.39 Å². The van der Waals surface area contributed by atoms with E-state index in [2.05, 4.69) is 5.32 Å². The molecule has 138 valence electrons. The predicted octanol–water partition coefficient (Wildman–Crippen LogP) is 4.42. The summed E-state index contributed by atoms with van der Waals surface area (Å²) in [5, 5.41) is 2.68. The molecule has 0 bridgehead atoms. The van der Waals surface area contributed by atoms with Gasteiger partial charge in [0, 0.05) is 11.8 Å². The van der Waals surface area contributed by atoms with Gasteiger partial charge < -0.3 is 19.5 Å². The van der Waals surface area contributed by atoms with Gasteiger partial charge in [-0.1, -0.05) is 0 Å². The first-order valence-electron chi connectivity index (χ1n) is 8.60. The minimum atomic E-state index is -0.661. The molecule has 1 aliphatic rings. The molecule has 0 unspecified atom stereocenters. The molecule has 1 amide bonds. The summed E-state index contributed by atoms with van der Waals surface area (Å²) in [6.07, 6.45) is 4.20. The number of carbonyl (C=O) groups is 1. The van der Waals surface area contributed by atoms with Crippen LogP contribution in [0.1, 0.15) is 36.0 Å². The van der Waals surface area contributed by atoms with E-state index in [0.29, 0.717) is 17.2 Å². The van der Waals surface area contributed by atoms with E-state index in [1.165, 1.54) is 19.2 Å². The molecule has 0 aromatic heterocycles. The van der Waals surface area contributed by atoms with Crippen LogP contribution in [-0.2, 0) is 0 Å². The van der Waals surface area contributed by atoms with Crippen LogP contribution in [0.15, 0.2) is 36.4 Å². The quantitative estimate of drug-likeness (QED) is 0.830. The van der Waals surface area contributed by atoms with Crippen molar-refractivity contribution >= 4 is 11.6 Å². The van der Waals surface area contributed by atoms with Gasteiger partial charge in [-0.2, -0.15) is 0 Å². The van der Waals surface area contributed by atoms with E-state index in [9.17, 15) is 9.18 Å². The van der Waals surface area contributed by atoms with Crippen molar-refractivity contribution in [2.75, 3.05) is 19.5 Å². The van der Waals surface area contributed by atoms with E-state index in [1.807, 2.05) is 0 Å². The number of nitrogens with one attached hydrogen (secondary N) is 1. The Bertz CT molecular complexity index is 770. The first-order chi connectivity index (χ1) is 12.6. The van der Waals surface area contributed by atoms with Crippen molar-refractivity contribution in [3.05, 3.63) is 47.8 Å².